The van der Waals surface area contributed by atoms with E-state index in [9.17, 15) is 14.7 Å². The van der Waals surface area contributed by atoms with Crippen LogP contribution in [0.2, 0.25) is 5.02 Å². The molecule has 4 atom stereocenters. The van der Waals surface area contributed by atoms with Crippen LogP contribution in [0.15, 0.2) is 36.4 Å². The molecular weight excluding hydrogens is 340 g/mol. The van der Waals surface area contributed by atoms with Crippen molar-refractivity contribution < 1.29 is 14.7 Å². The van der Waals surface area contributed by atoms with Crippen molar-refractivity contribution in [3.63, 3.8) is 0 Å². The number of carboxylic acids is 1. The largest absolute Gasteiger partial charge is 0.481 e. The third-order valence-corrected chi connectivity index (χ3v) is 6.03. The van der Waals surface area contributed by atoms with Crippen molar-refractivity contribution in [2.45, 2.75) is 6.42 Å². The number of carboxylic acid groups (broad SMARTS) is 1. The van der Waals surface area contributed by atoms with E-state index in [0.717, 1.165) is 25.2 Å². The molecule has 1 aromatic carbocycles. The minimum atomic E-state index is -0.840. The lowest BCUT2D eigenvalue weighted by Gasteiger charge is -2.38. The molecule has 1 aliphatic heterocycles. The number of hydrogen-bond acceptors (Lipinski definition) is 3. The van der Waals surface area contributed by atoms with Crippen LogP contribution in [0.1, 0.15) is 6.42 Å². The number of nitrogens with zero attached hydrogens (tertiary/aromatic N) is 2. The van der Waals surface area contributed by atoms with Crippen LogP contribution in [-0.4, -0.2) is 48.1 Å². The average Bonchev–Trinajstić information content (AvgIpc) is 3.22. The number of carbonyl (C=O) groups excluding carboxylic acids is 1. The molecule has 6 heteroatoms. The van der Waals surface area contributed by atoms with Crippen molar-refractivity contribution in [3.8, 4) is 0 Å². The van der Waals surface area contributed by atoms with Gasteiger partial charge in [-0.1, -0.05) is 29.8 Å². The van der Waals surface area contributed by atoms with E-state index in [-0.39, 0.29) is 17.7 Å². The maximum atomic E-state index is 13.0. The first kappa shape index (κ1) is 16.5. The number of halogens is 1. The zero-order valence-corrected chi connectivity index (χ0v) is 14.6. The molecule has 1 heterocycles. The van der Waals surface area contributed by atoms with Gasteiger partial charge < -0.3 is 14.9 Å². The third-order valence-electron chi connectivity index (χ3n) is 5.79. The number of allylic oxidation sites excluding steroid dienone is 2. The summed E-state index contributed by atoms with van der Waals surface area (Å²) in [4.78, 5) is 28.7. The number of amides is 1. The summed E-state index contributed by atoms with van der Waals surface area (Å²) in [6.45, 7) is 2.71. The van der Waals surface area contributed by atoms with Crippen molar-refractivity contribution >= 4 is 29.2 Å². The molecule has 3 aliphatic rings. The Morgan fingerprint density at radius 2 is 1.72 bits per heavy atom. The predicted octanol–water partition coefficient (Wildman–Crippen LogP) is 2.51. The van der Waals surface area contributed by atoms with E-state index in [1.54, 1.807) is 0 Å². The highest BCUT2D eigenvalue weighted by atomic mass is 35.5. The van der Waals surface area contributed by atoms with Crippen LogP contribution in [-0.2, 0) is 9.59 Å². The number of anilines is 1. The number of benzene rings is 1. The van der Waals surface area contributed by atoms with Gasteiger partial charge in [-0.15, -0.1) is 0 Å². The molecule has 25 heavy (non-hydrogen) atoms. The molecule has 1 saturated heterocycles. The summed E-state index contributed by atoms with van der Waals surface area (Å²) in [5, 5.41) is 10.2. The number of carbonyl (C=O) groups is 2. The summed E-state index contributed by atoms with van der Waals surface area (Å²) in [5.74, 6) is -1.69. The summed E-state index contributed by atoms with van der Waals surface area (Å²) in [7, 11) is 0. The molecule has 0 unspecified atom stereocenters. The molecule has 2 bridgehead atoms. The molecule has 5 nitrogen and oxygen atoms in total. The lowest BCUT2D eigenvalue weighted by molar-refractivity contribution is -0.151. The van der Waals surface area contributed by atoms with Crippen molar-refractivity contribution in [2.24, 2.45) is 23.7 Å². The monoisotopic (exact) mass is 360 g/mol. The van der Waals surface area contributed by atoms with Gasteiger partial charge in [0, 0.05) is 36.9 Å². The number of aliphatic carboxylic acids is 1. The van der Waals surface area contributed by atoms with Gasteiger partial charge in [0.1, 0.15) is 0 Å². The molecule has 0 spiro atoms. The van der Waals surface area contributed by atoms with Crippen molar-refractivity contribution in [1.29, 1.82) is 0 Å². The lowest BCUT2D eigenvalue weighted by atomic mass is 9.82. The Bertz CT molecular complexity index is 727. The van der Waals surface area contributed by atoms with Crippen LogP contribution in [0.3, 0.4) is 0 Å². The van der Waals surface area contributed by atoms with Gasteiger partial charge in [0.25, 0.3) is 0 Å². The zero-order valence-electron chi connectivity index (χ0n) is 13.8. The molecule has 1 N–H and O–H groups in total. The Hall–Kier alpha value is -2.01. The van der Waals surface area contributed by atoms with E-state index in [1.165, 1.54) is 0 Å². The first-order valence-corrected chi connectivity index (χ1v) is 9.13. The fourth-order valence-electron chi connectivity index (χ4n) is 4.56. The van der Waals surface area contributed by atoms with Crippen LogP contribution >= 0.6 is 11.6 Å². The molecule has 4 rings (SSSR count). The summed E-state index contributed by atoms with van der Waals surface area (Å²) < 4.78 is 0. The topological polar surface area (TPSA) is 60.9 Å². The highest BCUT2D eigenvalue weighted by Gasteiger charge is 2.52. The Balaban J connectivity index is 1.43. The normalized spacial score (nSPS) is 30.8. The van der Waals surface area contributed by atoms with E-state index in [0.29, 0.717) is 18.1 Å². The predicted molar refractivity (Wildman–Crippen MR) is 95.6 cm³/mol. The smallest absolute Gasteiger partial charge is 0.307 e. The fourth-order valence-corrected chi connectivity index (χ4v) is 4.75. The summed E-state index contributed by atoms with van der Waals surface area (Å²) in [6.07, 6.45) is 4.81. The number of hydrogen-bond donors (Lipinski definition) is 1. The molecule has 132 valence electrons. The Morgan fingerprint density at radius 3 is 2.36 bits per heavy atom. The van der Waals surface area contributed by atoms with Gasteiger partial charge in [0.15, 0.2) is 0 Å². The number of fused-ring (bicyclic) bond motifs is 2. The molecule has 2 fully saturated rings. The highest BCUT2D eigenvalue weighted by Crippen LogP contribution is 2.48. The maximum Gasteiger partial charge on any atom is 0.307 e. The molecule has 2 aliphatic carbocycles. The molecule has 0 radical (unpaired) electrons. The summed E-state index contributed by atoms with van der Waals surface area (Å²) in [6, 6.07) is 7.72. The van der Waals surface area contributed by atoms with Crippen LogP contribution in [0.25, 0.3) is 0 Å². The van der Waals surface area contributed by atoms with Crippen LogP contribution < -0.4 is 4.90 Å². The lowest BCUT2D eigenvalue weighted by Crippen LogP contribution is -2.52. The number of piperazine rings is 1. The van der Waals surface area contributed by atoms with E-state index in [4.69, 9.17) is 11.6 Å². The van der Waals surface area contributed by atoms with Gasteiger partial charge in [0.2, 0.25) is 5.91 Å². The standard InChI is InChI=1S/C19H21ClN2O3/c20-14-2-1-3-15(11-14)21-6-8-22(9-7-21)18(23)16-12-4-5-13(10-12)17(16)19(24)25/h1-5,11-13,16-17H,6-10H2,(H,24,25)/t12-,13+,16-,17-/m0/s1. The zero-order chi connectivity index (χ0) is 17.6. The van der Waals surface area contributed by atoms with Crippen LogP contribution in [0.5, 0.6) is 0 Å². The van der Waals surface area contributed by atoms with Gasteiger partial charge in [-0.2, -0.15) is 0 Å². The van der Waals surface area contributed by atoms with E-state index >= 15 is 0 Å². The third kappa shape index (κ3) is 2.91. The van der Waals surface area contributed by atoms with Gasteiger partial charge in [0.05, 0.1) is 11.8 Å². The van der Waals surface area contributed by atoms with Crippen molar-refractivity contribution in [3.05, 3.63) is 41.4 Å². The molecule has 1 amide bonds. The fraction of sp³-hybridized carbons (Fsp3) is 0.474. The van der Waals surface area contributed by atoms with E-state index < -0.39 is 17.8 Å². The Kier molecular flexibility index (Phi) is 4.20. The first-order chi connectivity index (χ1) is 12.0. The average molecular weight is 361 g/mol. The van der Waals surface area contributed by atoms with Crippen molar-refractivity contribution in [2.75, 3.05) is 31.1 Å². The second-order valence-corrected chi connectivity index (χ2v) is 7.57. The molecular formula is C19H21ClN2O3. The maximum absolute atomic E-state index is 13.0. The van der Waals surface area contributed by atoms with Crippen LogP contribution in [0.4, 0.5) is 5.69 Å². The van der Waals surface area contributed by atoms with Crippen molar-refractivity contribution in [1.82, 2.24) is 4.90 Å². The van der Waals surface area contributed by atoms with E-state index in [1.807, 2.05) is 41.3 Å². The molecule has 1 saturated carbocycles. The minimum absolute atomic E-state index is 0.00925. The highest BCUT2D eigenvalue weighted by molar-refractivity contribution is 6.30. The second-order valence-electron chi connectivity index (χ2n) is 7.13. The van der Waals surface area contributed by atoms with Gasteiger partial charge in [-0.25, -0.2) is 0 Å². The van der Waals surface area contributed by atoms with E-state index in [2.05, 4.69) is 4.90 Å². The number of rotatable bonds is 3. The molecule has 1 aromatic rings. The summed E-state index contributed by atoms with van der Waals surface area (Å²) >= 11 is 6.06. The summed E-state index contributed by atoms with van der Waals surface area (Å²) in [5.41, 5.74) is 1.06. The van der Waals surface area contributed by atoms with Crippen LogP contribution in [0, 0.1) is 23.7 Å². The Labute approximate surface area is 151 Å². The van der Waals surface area contributed by atoms with Gasteiger partial charge in [-0.3, -0.25) is 9.59 Å². The first-order valence-electron chi connectivity index (χ1n) is 8.75. The van der Waals surface area contributed by atoms with Gasteiger partial charge >= 0.3 is 5.97 Å². The SMILES string of the molecule is O=C(O)[C@@H]1[C@@H](C(=O)N2CCN(c3cccc(Cl)c3)CC2)[C@H]2C=C[C@@H]1C2. The second kappa shape index (κ2) is 6.37. The quantitative estimate of drug-likeness (QED) is 0.841. The van der Waals surface area contributed by atoms with Gasteiger partial charge in [-0.05, 0) is 36.5 Å². The minimum Gasteiger partial charge on any atom is -0.481 e. The Morgan fingerprint density at radius 1 is 1.04 bits per heavy atom. The molecule has 0 aromatic heterocycles.